The number of benzene rings is 2. The van der Waals surface area contributed by atoms with Gasteiger partial charge in [0.25, 0.3) is 0 Å². The number of sulfonamides is 1. The molecule has 1 heterocycles. The first-order valence-electron chi connectivity index (χ1n) is 6.62. The summed E-state index contributed by atoms with van der Waals surface area (Å²) in [6.45, 7) is 0.296. The van der Waals surface area contributed by atoms with Crippen LogP contribution in [0.4, 0.5) is 0 Å². The molecule has 0 atom stereocenters. The summed E-state index contributed by atoms with van der Waals surface area (Å²) in [4.78, 5) is 4.23. The Bertz CT molecular complexity index is 889. The first-order chi connectivity index (χ1) is 10.5. The van der Waals surface area contributed by atoms with E-state index in [0.717, 1.165) is 11.1 Å². The summed E-state index contributed by atoms with van der Waals surface area (Å²) in [5, 5.41) is 0.499. The van der Waals surface area contributed by atoms with E-state index in [9.17, 15) is 8.42 Å². The highest BCUT2D eigenvalue weighted by molar-refractivity contribution is 7.89. The van der Waals surface area contributed by atoms with E-state index in [1.54, 1.807) is 12.1 Å². The molecule has 0 bridgehead atoms. The lowest BCUT2D eigenvalue weighted by Gasteiger charge is -2.07. The fourth-order valence-electron chi connectivity index (χ4n) is 2.08. The molecule has 1 N–H and O–H groups in total. The van der Waals surface area contributed by atoms with Crippen molar-refractivity contribution in [2.24, 2.45) is 0 Å². The van der Waals surface area contributed by atoms with Crippen LogP contribution < -0.4 is 4.72 Å². The van der Waals surface area contributed by atoms with Crippen LogP contribution in [-0.2, 0) is 16.4 Å². The highest BCUT2D eigenvalue weighted by atomic mass is 35.5. The number of hydrogen-bond donors (Lipinski definition) is 1. The van der Waals surface area contributed by atoms with Crippen LogP contribution in [0.1, 0.15) is 5.56 Å². The standard InChI is InChI=1S/C15H13ClN2O3S/c16-12-2-4-13(5-3-12)22(19,20)18-8-7-11-1-6-14-15(9-11)21-10-17-14/h1-6,9-10,18H,7-8H2. The zero-order chi connectivity index (χ0) is 15.6. The molecule has 0 radical (unpaired) electrons. The molecular weight excluding hydrogens is 324 g/mol. The lowest BCUT2D eigenvalue weighted by atomic mass is 10.1. The second-order valence-electron chi connectivity index (χ2n) is 4.76. The van der Waals surface area contributed by atoms with Crippen molar-refractivity contribution in [1.29, 1.82) is 0 Å². The summed E-state index contributed by atoms with van der Waals surface area (Å²) in [6, 6.07) is 11.7. The Morgan fingerprint density at radius 1 is 1.14 bits per heavy atom. The fourth-order valence-corrected chi connectivity index (χ4v) is 3.24. The third kappa shape index (κ3) is 3.30. The van der Waals surface area contributed by atoms with Gasteiger partial charge in [0.2, 0.25) is 10.0 Å². The molecule has 0 amide bonds. The largest absolute Gasteiger partial charge is 0.443 e. The van der Waals surface area contributed by atoms with Gasteiger partial charge in [0, 0.05) is 11.6 Å². The maximum atomic E-state index is 12.1. The molecule has 0 fully saturated rings. The van der Waals surface area contributed by atoms with E-state index >= 15 is 0 Å². The molecule has 114 valence electrons. The van der Waals surface area contributed by atoms with E-state index in [1.165, 1.54) is 18.5 Å². The van der Waals surface area contributed by atoms with Crippen molar-refractivity contribution in [2.75, 3.05) is 6.54 Å². The Kier molecular flexibility index (Phi) is 4.15. The summed E-state index contributed by atoms with van der Waals surface area (Å²) >= 11 is 5.76. The molecule has 3 rings (SSSR count). The van der Waals surface area contributed by atoms with Gasteiger partial charge in [-0.3, -0.25) is 0 Å². The molecule has 0 unspecified atom stereocenters. The maximum Gasteiger partial charge on any atom is 0.240 e. The van der Waals surface area contributed by atoms with Gasteiger partial charge >= 0.3 is 0 Å². The molecule has 3 aromatic rings. The summed E-state index contributed by atoms with van der Waals surface area (Å²) in [5.74, 6) is 0. The fraction of sp³-hybridized carbons (Fsp3) is 0.133. The summed E-state index contributed by atoms with van der Waals surface area (Å²) in [5.41, 5.74) is 2.45. The van der Waals surface area contributed by atoms with Gasteiger partial charge in [0.05, 0.1) is 4.90 Å². The Morgan fingerprint density at radius 3 is 2.68 bits per heavy atom. The van der Waals surface area contributed by atoms with Gasteiger partial charge in [0.15, 0.2) is 12.0 Å². The van der Waals surface area contributed by atoms with Crippen LogP contribution in [0, 0.1) is 0 Å². The predicted octanol–water partition coefficient (Wildman–Crippen LogP) is 3.00. The van der Waals surface area contributed by atoms with E-state index in [-0.39, 0.29) is 4.90 Å². The van der Waals surface area contributed by atoms with E-state index in [2.05, 4.69) is 9.71 Å². The number of oxazole rings is 1. The van der Waals surface area contributed by atoms with Gasteiger partial charge in [-0.2, -0.15) is 0 Å². The monoisotopic (exact) mass is 336 g/mol. The number of nitrogens with one attached hydrogen (secondary N) is 1. The summed E-state index contributed by atoms with van der Waals surface area (Å²) in [6.07, 6.45) is 1.95. The van der Waals surface area contributed by atoms with Crippen LogP contribution in [-0.4, -0.2) is 19.9 Å². The Balaban J connectivity index is 1.65. The molecule has 0 saturated carbocycles. The Hall–Kier alpha value is -1.89. The Morgan fingerprint density at radius 2 is 1.91 bits per heavy atom. The minimum absolute atomic E-state index is 0.197. The summed E-state index contributed by atoms with van der Waals surface area (Å²) < 4.78 is 32.0. The maximum absolute atomic E-state index is 12.1. The molecule has 0 spiro atoms. The number of hydrogen-bond acceptors (Lipinski definition) is 4. The quantitative estimate of drug-likeness (QED) is 0.777. The van der Waals surface area contributed by atoms with Crippen molar-refractivity contribution in [3.05, 3.63) is 59.4 Å². The first kappa shape index (κ1) is 15.0. The zero-order valence-electron chi connectivity index (χ0n) is 11.5. The van der Waals surface area contributed by atoms with Crippen molar-refractivity contribution < 1.29 is 12.8 Å². The number of aromatic nitrogens is 1. The van der Waals surface area contributed by atoms with E-state index in [0.29, 0.717) is 23.6 Å². The molecule has 5 nitrogen and oxygen atoms in total. The first-order valence-corrected chi connectivity index (χ1v) is 8.48. The van der Waals surface area contributed by atoms with Crippen molar-refractivity contribution in [3.8, 4) is 0 Å². The van der Waals surface area contributed by atoms with Crippen molar-refractivity contribution >= 4 is 32.7 Å². The predicted molar refractivity (Wildman–Crippen MR) is 84.4 cm³/mol. The van der Waals surface area contributed by atoms with Crippen LogP contribution >= 0.6 is 11.6 Å². The normalized spacial score (nSPS) is 11.9. The topological polar surface area (TPSA) is 72.2 Å². The van der Waals surface area contributed by atoms with Gasteiger partial charge < -0.3 is 4.42 Å². The second kappa shape index (κ2) is 6.08. The number of fused-ring (bicyclic) bond motifs is 1. The van der Waals surface area contributed by atoms with Crippen molar-refractivity contribution in [2.45, 2.75) is 11.3 Å². The Labute approximate surface area is 133 Å². The third-order valence-corrected chi connectivity index (χ3v) is 4.95. The zero-order valence-corrected chi connectivity index (χ0v) is 13.1. The van der Waals surface area contributed by atoms with Crippen LogP contribution in [0.2, 0.25) is 5.02 Å². The number of rotatable bonds is 5. The summed E-state index contributed by atoms with van der Waals surface area (Å²) in [7, 11) is -3.52. The van der Waals surface area contributed by atoms with Gasteiger partial charge in [-0.15, -0.1) is 0 Å². The molecule has 7 heteroatoms. The van der Waals surface area contributed by atoms with Crippen LogP contribution in [0.15, 0.2) is 58.2 Å². The lowest BCUT2D eigenvalue weighted by molar-refractivity contribution is 0.581. The van der Waals surface area contributed by atoms with E-state index in [4.69, 9.17) is 16.0 Å². The van der Waals surface area contributed by atoms with Crippen molar-refractivity contribution in [3.63, 3.8) is 0 Å². The van der Waals surface area contributed by atoms with E-state index < -0.39 is 10.0 Å². The number of nitrogens with zero attached hydrogens (tertiary/aromatic N) is 1. The van der Waals surface area contributed by atoms with Crippen LogP contribution in [0.25, 0.3) is 11.1 Å². The average molecular weight is 337 g/mol. The minimum atomic E-state index is -3.52. The molecular formula is C15H13ClN2O3S. The van der Waals surface area contributed by atoms with Gasteiger partial charge in [-0.05, 0) is 48.4 Å². The third-order valence-electron chi connectivity index (χ3n) is 3.23. The highest BCUT2D eigenvalue weighted by Crippen LogP contribution is 2.16. The van der Waals surface area contributed by atoms with Crippen LogP contribution in [0.3, 0.4) is 0 Å². The molecule has 2 aromatic carbocycles. The smallest absolute Gasteiger partial charge is 0.240 e. The molecule has 0 aliphatic rings. The molecule has 0 aliphatic carbocycles. The van der Waals surface area contributed by atoms with Crippen molar-refractivity contribution in [1.82, 2.24) is 9.71 Å². The highest BCUT2D eigenvalue weighted by Gasteiger charge is 2.13. The van der Waals surface area contributed by atoms with E-state index in [1.807, 2.05) is 18.2 Å². The van der Waals surface area contributed by atoms with Gasteiger partial charge in [-0.25, -0.2) is 18.1 Å². The molecule has 0 saturated heterocycles. The number of halogens is 1. The van der Waals surface area contributed by atoms with Gasteiger partial charge in [0.1, 0.15) is 5.52 Å². The lowest BCUT2D eigenvalue weighted by Crippen LogP contribution is -2.25. The second-order valence-corrected chi connectivity index (χ2v) is 6.96. The van der Waals surface area contributed by atoms with Crippen LogP contribution in [0.5, 0.6) is 0 Å². The SMILES string of the molecule is O=S(=O)(NCCc1ccc2ncoc2c1)c1ccc(Cl)cc1. The minimum Gasteiger partial charge on any atom is -0.443 e. The molecule has 22 heavy (non-hydrogen) atoms. The van der Waals surface area contributed by atoms with Gasteiger partial charge in [-0.1, -0.05) is 17.7 Å². The average Bonchev–Trinajstić information content (AvgIpc) is 2.95. The molecule has 0 aliphatic heterocycles. The molecule has 1 aromatic heterocycles.